The second kappa shape index (κ2) is 3.57. The summed E-state index contributed by atoms with van der Waals surface area (Å²) in [5.74, 6) is 0. The van der Waals surface area contributed by atoms with Crippen molar-refractivity contribution in [3.05, 3.63) is 42.7 Å². The summed E-state index contributed by atoms with van der Waals surface area (Å²) < 4.78 is 1.12. The van der Waals surface area contributed by atoms with Crippen molar-refractivity contribution in [2.75, 3.05) is 5.73 Å². The van der Waals surface area contributed by atoms with Crippen molar-refractivity contribution in [2.24, 2.45) is 0 Å². The van der Waals surface area contributed by atoms with E-state index in [1.807, 2.05) is 24.3 Å². The summed E-state index contributed by atoms with van der Waals surface area (Å²) in [4.78, 5) is 8.38. The molecule has 0 fully saturated rings. The summed E-state index contributed by atoms with van der Waals surface area (Å²) >= 11 is 1.51. The summed E-state index contributed by atoms with van der Waals surface area (Å²) in [6.07, 6.45) is 3.56. The second-order valence-corrected chi connectivity index (χ2v) is 4.50. The molecule has 1 aromatic carbocycles. The molecule has 0 saturated heterocycles. The summed E-state index contributed by atoms with van der Waals surface area (Å²) in [6, 6.07) is 10.1. The average molecular weight is 227 g/mol. The Morgan fingerprint density at radius 3 is 2.69 bits per heavy atom. The molecule has 0 aliphatic rings. The number of para-hydroxylation sites is 1. The predicted octanol–water partition coefficient (Wildman–Crippen LogP) is 2.94. The Morgan fingerprint density at radius 2 is 1.88 bits per heavy atom. The highest BCUT2D eigenvalue weighted by Gasteiger charge is 2.07. The van der Waals surface area contributed by atoms with E-state index in [-0.39, 0.29) is 0 Å². The number of benzene rings is 1. The molecule has 0 spiro atoms. The first-order chi connectivity index (χ1) is 7.84. The van der Waals surface area contributed by atoms with Crippen molar-refractivity contribution in [2.45, 2.75) is 0 Å². The molecule has 78 valence electrons. The number of nitrogens with zero attached hydrogens (tertiary/aromatic N) is 2. The van der Waals surface area contributed by atoms with Crippen molar-refractivity contribution in [3.8, 4) is 11.1 Å². The summed E-state index contributed by atoms with van der Waals surface area (Å²) in [6.45, 7) is 0. The van der Waals surface area contributed by atoms with Crippen LogP contribution in [0, 0.1) is 0 Å². The summed E-state index contributed by atoms with van der Waals surface area (Å²) in [5.41, 5.74) is 8.92. The molecule has 0 unspecified atom stereocenters. The first-order valence-electron chi connectivity index (χ1n) is 4.90. The van der Waals surface area contributed by atoms with E-state index < -0.39 is 0 Å². The minimum absolute atomic E-state index is 0.608. The Hall–Kier alpha value is -1.94. The number of thiazole rings is 1. The van der Waals surface area contributed by atoms with Crippen LogP contribution in [-0.4, -0.2) is 9.97 Å². The maximum absolute atomic E-state index is 5.73. The van der Waals surface area contributed by atoms with Crippen LogP contribution in [0.2, 0.25) is 0 Å². The van der Waals surface area contributed by atoms with E-state index in [0.29, 0.717) is 5.13 Å². The molecule has 2 aromatic heterocycles. The fourth-order valence-corrected chi connectivity index (χ4v) is 2.49. The molecule has 3 rings (SSSR count). The molecule has 3 nitrogen and oxygen atoms in total. The van der Waals surface area contributed by atoms with Crippen LogP contribution in [0.1, 0.15) is 0 Å². The number of nitrogens with two attached hydrogens (primary N) is 1. The van der Waals surface area contributed by atoms with Gasteiger partial charge in [0.05, 0.1) is 10.2 Å². The normalized spacial score (nSPS) is 10.8. The van der Waals surface area contributed by atoms with E-state index in [4.69, 9.17) is 5.73 Å². The fourth-order valence-electron chi connectivity index (χ4n) is 1.73. The molecule has 0 amide bonds. The summed E-state index contributed by atoms with van der Waals surface area (Å²) in [5, 5.41) is 0.608. The maximum Gasteiger partial charge on any atom is 0.181 e. The standard InChI is InChI=1S/C12H9N3S/c13-12-15-11-9(2-1-3-10(11)16-12)8-4-6-14-7-5-8/h1-7H,(H2,13,15). The molecule has 0 aliphatic heterocycles. The lowest BCUT2D eigenvalue weighted by Crippen LogP contribution is -1.83. The third-order valence-corrected chi connectivity index (χ3v) is 3.28. The van der Waals surface area contributed by atoms with Crippen molar-refractivity contribution >= 4 is 26.7 Å². The molecule has 0 radical (unpaired) electrons. The van der Waals surface area contributed by atoms with Gasteiger partial charge < -0.3 is 5.73 Å². The molecular weight excluding hydrogens is 218 g/mol. The maximum atomic E-state index is 5.73. The number of fused-ring (bicyclic) bond motifs is 1. The Balaban J connectivity index is 2.31. The van der Waals surface area contributed by atoms with Crippen molar-refractivity contribution in [3.63, 3.8) is 0 Å². The fraction of sp³-hybridized carbons (Fsp3) is 0. The largest absolute Gasteiger partial charge is 0.375 e. The highest BCUT2D eigenvalue weighted by molar-refractivity contribution is 7.22. The number of nitrogen functional groups attached to an aromatic ring is 1. The van der Waals surface area contributed by atoms with Crippen LogP contribution in [0.4, 0.5) is 5.13 Å². The first-order valence-corrected chi connectivity index (χ1v) is 5.72. The van der Waals surface area contributed by atoms with Crippen LogP contribution in [0.25, 0.3) is 21.3 Å². The Bertz CT molecular complexity index is 631. The van der Waals surface area contributed by atoms with Gasteiger partial charge in [-0.05, 0) is 23.8 Å². The third-order valence-electron chi connectivity index (χ3n) is 2.43. The third kappa shape index (κ3) is 1.44. The minimum atomic E-state index is 0.608. The quantitative estimate of drug-likeness (QED) is 0.695. The monoisotopic (exact) mass is 227 g/mol. The predicted molar refractivity (Wildman–Crippen MR) is 67.3 cm³/mol. The zero-order valence-electron chi connectivity index (χ0n) is 8.42. The van der Waals surface area contributed by atoms with Gasteiger partial charge in [0.25, 0.3) is 0 Å². The van der Waals surface area contributed by atoms with Gasteiger partial charge in [0, 0.05) is 18.0 Å². The zero-order chi connectivity index (χ0) is 11.0. The highest BCUT2D eigenvalue weighted by Crippen LogP contribution is 2.31. The number of hydrogen-bond donors (Lipinski definition) is 1. The van der Waals surface area contributed by atoms with Gasteiger partial charge in [-0.1, -0.05) is 23.5 Å². The number of pyridine rings is 1. The number of hydrogen-bond acceptors (Lipinski definition) is 4. The topological polar surface area (TPSA) is 51.8 Å². The van der Waals surface area contributed by atoms with Gasteiger partial charge in [0.15, 0.2) is 5.13 Å². The van der Waals surface area contributed by atoms with Crippen LogP contribution < -0.4 is 5.73 Å². The van der Waals surface area contributed by atoms with Gasteiger partial charge in [-0.25, -0.2) is 4.98 Å². The van der Waals surface area contributed by atoms with Gasteiger partial charge in [0.1, 0.15) is 0 Å². The molecule has 4 heteroatoms. The van der Waals surface area contributed by atoms with Gasteiger partial charge in [-0.15, -0.1) is 0 Å². The Labute approximate surface area is 96.6 Å². The number of rotatable bonds is 1. The van der Waals surface area contributed by atoms with E-state index in [2.05, 4.69) is 16.0 Å². The number of anilines is 1. The SMILES string of the molecule is Nc1nc2c(-c3ccncc3)cccc2s1. The van der Waals surface area contributed by atoms with Crippen LogP contribution >= 0.6 is 11.3 Å². The van der Waals surface area contributed by atoms with E-state index >= 15 is 0 Å². The molecule has 16 heavy (non-hydrogen) atoms. The second-order valence-electron chi connectivity index (χ2n) is 3.44. The molecular formula is C12H9N3S. The van der Waals surface area contributed by atoms with E-state index in [1.165, 1.54) is 11.3 Å². The Kier molecular flexibility index (Phi) is 2.08. The van der Waals surface area contributed by atoms with Gasteiger partial charge in [-0.3, -0.25) is 4.98 Å². The molecule has 0 aliphatic carbocycles. The lowest BCUT2D eigenvalue weighted by Gasteiger charge is -2.01. The molecule has 2 N–H and O–H groups in total. The summed E-state index contributed by atoms with van der Waals surface area (Å²) in [7, 11) is 0. The lowest BCUT2D eigenvalue weighted by atomic mass is 10.1. The average Bonchev–Trinajstić information content (AvgIpc) is 2.70. The molecule has 3 aromatic rings. The molecule has 2 heterocycles. The van der Waals surface area contributed by atoms with E-state index in [9.17, 15) is 0 Å². The zero-order valence-corrected chi connectivity index (χ0v) is 9.24. The molecule has 0 bridgehead atoms. The van der Waals surface area contributed by atoms with Crippen LogP contribution in [0.5, 0.6) is 0 Å². The van der Waals surface area contributed by atoms with Crippen LogP contribution in [-0.2, 0) is 0 Å². The smallest absolute Gasteiger partial charge is 0.181 e. The highest BCUT2D eigenvalue weighted by atomic mass is 32.1. The van der Waals surface area contributed by atoms with E-state index in [1.54, 1.807) is 12.4 Å². The minimum Gasteiger partial charge on any atom is -0.375 e. The first kappa shape index (κ1) is 9.30. The van der Waals surface area contributed by atoms with E-state index in [0.717, 1.165) is 21.3 Å². The van der Waals surface area contributed by atoms with Crippen molar-refractivity contribution < 1.29 is 0 Å². The van der Waals surface area contributed by atoms with Crippen molar-refractivity contribution in [1.82, 2.24) is 9.97 Å². The Morgan fingerprint density at radius 1 is 1.06 bits per heavy atom. The van der Waals surface area contributed by atoms with Gasteiger partial charge in [0.2, 0.25) is 0 Å². The van der Waals surface area contributed by atoms with Crippen LogP contribution in [0.15, 0.2) is 42.7 Å². The van der Waals surface area contributed by atoms with Gasteiger partial charge in [-0.2, -0.15) is 0 Å². The van der Waals surface area contributed by atoms with Crippen LogP contribution in [0.3, 0.4) is 0 Å². The number of aromatic nitrogens is 2. The lowest BCUT2D eigenvalue weighted by molar-refractivity contribution is 1.33. The van der Waals surface area contributed by atoms with Gasteiger partial charge >= 0.3 is 0 Å². The van der Waals surface area contributed by atoms with Crippen molar-refractivity contribution in [1.29, 1.82) is 0 Å². The molecule has 0 saturated carbocycles. The molecule has 0 atom stereocenters.